The highest BCUT2D eigenvalue weighted by Crippen LogP contribution is 2.41. The van der Waals surface area contributed by atoms with Gasteiger partial charge in [0.05, 0.1) is 22.4 Å². The Bertz CT molecular complexity index is 889. The highest BCUT2D eigenvalue weighted by molar-refractivity contribution is 8.01. The molecule has 0 radical (unpaired) electrons. The van der Waals surface area contributed by atoms with Crippen LogP contribution in [0.3, 0.4) is 0 Å². The van der Waals surface area contributed by atoms with Gasteiger partial charge in [-0.1, -0.05) is 29.8 Å². The summed E-state index contributed by atoms with van der Waals surface area (Å²) in [7, 11) is -3.32. The molecule has 1 aliphatic heterocycles. The minimum absolute atomic E-state index is 0.00118. The Balaban J connectivity index is 2.05. The van der Waals surface area contributed by atoms with E-state index in [1.165, 1.54) is 18.0 Å². The van der Waals surface area contributed by atoms with E-state index in [1.807, 2.05) is 38.1 Å². The average molecular weight is 361 g/mol. The molecule has 0 saturated carbocycles. The Labute approximate surface area is 146 Å². The zero-order valence-electron chi connectivity index (χ0n) is 13.8. The number of fused-ring (bicyclic) bond motifs is 1. The van der Waals surface area contributed by atoms with E-state index in [0.29, 0.717) is 12.2 Å². The first-order chi connectivity index (χ1) is 11.3. The SMILES string of the molecule is Cc1ccc(CN2C(=O)C(C)Sc3ccc(S(C)(=O)=O)cc32)cc1. The van der Waals surface area contributed by atoms with E-state index < -0.39 is 9.84 Å². The van der Waals surface area contributed by atoms with Crippen LogP contribution in [-0.2, 0) is 21.2 Å². The van der Waals surface area contributed by atoms with Gasteiger partial charge in [-0.15, -0.1) is 11.8 Å². The highest BCUT2D eigenvalue weighted by Gasteiger charge is 2.31. The van der Waals surface area contributed by atoms with Gasteiger partial charge in [0.2, 0.25) is 5.91 Å². The summed E-state index contributed by atoms with van der Waals surface area (Å²) in [6, 6.07) is 13.0. The standard InChI is InChI=1S/C18H19NO3S2/c1-12-4-6-14(7-5-12)11-19-16-10-15(24(3,21)22)8-9-17(16)23-13(2)18(19)20/h4-10,13H,11H2,1-3H3. The number of anilines is 1. The molecule has 0 aromatic heterocycles. The maximum atomic E-state index is 12.7. The molecule has 0 N–H and O–H groups in total. The Morgan fingerprint density at radius 3 is 2.42 bits per heavy atom. The molecule has 1 heterocycles. The second-order valence-corrected chi connectivity index (χ2v) is 9.47. The number of amides is 1. The van der Waals surface area contributed by atoms with Crippen LogP contribution in [0.1, 0.15) is 18.1 Å². The molecule has 1 amide bonds. The van der Waals surface area contributed by atoms with Crippen molar-refractivity contribution < 1.29 is 13.2 Å². The van der Waals surface area contributed by atoms with Crippen LogP contribution in [0.15, 0.2) is 52.3 Å². The van der Waals surface area contributed by atoms with Crippen LogP contribution in [0.4, 0.5) is 5.69 Å². The van der Waals surface area contributed by atoms with Crippen LogP contribution in [0.2, 0.25) is 0 Å². The van der Waals surface area contributed by atoms with Crippen molar-refractivity contribution in [2.45, 2.75) is 35.4 Å². The molecule has 1 aliphatic rings. The summed E-state index contributed by atoms with van der Waals surface area (Å²) in [5, 5.41) is -0.188. The van der Waals surface area contributed by atoms with Crippen molar-refractivity contribution in [3.05, 3.63) is 53.6 Å². The van der Waals surface area contributed by atoms with E-state index in [4.69, 9.17) is 0 Å². The van der Waals surface area contributed by atoms with E-state index >= 15 is 0 Å². The minimum atomic E-state index is -3.32. The van der Waals surface area contributed by atoms with Gasteiger partial charge in [-0.2, -0.15) is 0 Å². The van der Waals surface area contributed by atoms with Gasteiger partial charge in [0.15, 0.2) is 9.84 Å². The minimum Gasteiger partial charge on any atom is -0.306 e. The average Bonchev–Trinajstić information content (AvgIpc) is 2.52. The molecule has 6 heteroatoms. The van der Waals surface area contributed by atoms with Crippen molar-refractivity contribution in [2.24, 2.45) is 0 Å². The third-order valence-electron chi connectivity index (χ3n) is 4.03. The van der Waals surface area contributed by atoms with Crippen LogP contribution in [-0.4, -0.2) is 25.8 Å². The van der Waals surface area contributed by atoms with E-state index in [9.17, 15) is 13.2 Å². The number of hydrogen-bond donors (Lipinski definition) is 0. The van der Waals surface area contributed by atoms with Gasteiger partial charge in [0.1, 0.15) is 0 Å². The molecular formula is C18H19NO3S2. The van der Waals surface area contributed by atoms with Crippen LogP contribution in [0.5, 0.6) is 0 Å². The predicted octanol–water partition coefficient (Wildman–Crippen LogP) is 3.43. The predicted molar refractivity (Wildman–Crippen MR) is 97.2 cm³/mol. The van der Waals surface area contributed by atoms with Gasteiger partial charge in [-0.25, -0.2) is 8.42 Å². The Kier molecular flexibility index (Phi) is 4.44. The highest BCUT2D eigenvalue weighted by atomic mass is 32.2. The van der Waals surface area contributed by atoms with Gasteiger partial charge in [-0.05, 0) is 37.6 Å². The number of sulfone groups is 1. The summed E-state index contributed by atoms with van der Waals surface area (Å²) in [5.41, 5.74) is 2.85. The molecule has 24 heavy (non-hydrogen) atoms. The van der Waals surface area contributed by atoms with Crippen molar-refractivity contribution >= 4 is 33.2 Å². The summed E-state index contributed by atoms with van der Waals surface area (Å²) in [6.07, 6.45) is 1.18. The fourth-order valence-electron chi connectivity index (χ4n) is 2.66. The third kappa shape index (κ3) is 3.35. The molecule has 1 atom stereocenters. The summed E-state index contributed by atoms with van der Waals surface area (Å²) < 4.78 is 23.7. The molecule has 0 fully saturated rings. The number of hydrogen-bond acceptors (Lipinski definition) is 4. The Hall–Kier alpha value is -1.79. The fourth-order valence-corrected chi connectivity index (χ4v) is 4.34. The molecule has 126 valence electrons. The topological polar surface area (TPSA) is 54.5 Å². The van der Waals surface area contributed by atoms with Gasteiger partial charge < -0.3 is 4.90 Å². The molecule has 0 saturated heterocycles. The number of aryl methyl sites for hydroxylation is 1. The van der Waals surface area contributed by atoms with Crippen molar-refractivity contribution in [1.82, 2.24) is 0 Å². The largest absolute Gasteiger partial charge is 0.306 e. The number of thioether (sulfide) groups is 1. The smallest absolute Gasteiger partial charge is 0.240 e. The molecule has 1 unspecified atom stereocenters. The molecule has 4 nitrogen and oxygen atoms in total. The van der Waals surface area contributed by atoms with Crippen LogP contribution in [0.25, 0.3) is 0 Å². The summed E-state index contributed by atoms with van der Waals surface area (Å²) in [4.78, 5) is 15.5. The van der Waals surface area contributed by atoms with Gasteiger partial charge in [0.25, 0.3) is 0 Å². The van der Waals surface area contributed by atoms with Gasteiger partial charge >= 0.3 is 0 Å². The van der Waals surface area contributed by atoms with Crippen LogP contribution < -0.4 is 4.90 Å². The number of benzene rings is 2. The van der Waals surface area contributed by atoms with Crippen LogP contribution in [0, 0.1) is 6.92 Å². The summed E-state index contributed by atoms with van der Waals surface area (Å²) in [6.45, 7) is 4.33. The fraction of sp³-hybridized carbons (Fsp3) is 0.278. The first-order valence-electron chi connectivity index (χ1n) is 7.63. The number of carbonyl (C=O) groups is 1. The molecule has 0 aliphatic carbocycles. The zero-order valence-corrected chi connectivity index (χ0v) is 15.4. The lowest BCUT2D eigenvalue weighted by molar-refractivity contribution is -0.118. The maximum Gasteiger partial charge on any atom is 0.240 e. The normalized spacial score (nSPS) is 17.7. The maximum absolute atomic E-state index is 12.7. The molecule has 3 rings (SSSR count). The molecular weight excluding hydrogens is 342 g/mol. The summed E-state index contributed by atoms with van der Waals surface area (Å²) in [5.74, 6) is -0.00118. The molecule has 2 aromatic rings. The first-order valence-corrected chi connectivity index (χ1v) is 10.4. The van der Waals surface area contributed by atoms with Crippen molar-refractivity contribution in [3.8, 4) is 0 Å². The van der Waals surface area contributed by atoms with Crippen molar-refractivity contribution in [1.29, 1.82) is 0 Å². The Morgan fingerprint density at radius 1 is 1.12 bits per heavy atom. The first kappa shape index (κ1) is 17.0. The van der Waals surface area contributed by atoms with Crippen molar-refractivity contribution in [2.75, 3.05) is 11.2 Å². The van der Waals surface area contributed by atoms with Gasteiger partial charge in [0, 0.05) is 11.2 Å². The summed E-state index contributed by atoms with van der Waals surface area (Å²) >= 11 is 1.47. The van der Waals surface area contributed by atoms with Crippen LogP contribution >= 0.6 is 11.8 Å². The lowest BCUT2D eigenvalue weighted by atomic mass is 10.1. The number of carbonyl (C=O) groups excluding carboxylic acids is 1. The monoisotopic (exact) mass is 361 g/mol. The lowest BCUT2D eigenvalue weighted by Crippen LogP contribution is -2.39. The van der Waals surface area contributed by atoms with Gasteiger partial charge in [-0.3, -0.25) is 4.79 Å². The quantitative estimate of drug-likeness (QED) is 0.840. The van der Waals surface area contributed by atoms with E-state index in [0.717, 1.165) is 16.0 Å². The molecule has 0 bridgehead atoms. The second-order valence-electron chi connectivity index (χ2n) is 6.07. The zero-order chi connectivity index (χ0) is 17.5. The number of nitrogens with zero attached hydrogens (tertiary/aromatic N) is 1. The second kappa shape index (κ2) is 6.26. The molecule has 0 spiro atoms. The molecule has 2 aromatic carbocycles. The lowest BCUT2D eigenvalue weighted by Gasteiger charge is -2.32. The van der Waals surface area contributed by atoms with Crippen molar-refractivity contribution in [3.63, 3.8) is 0 Å². The number of rotatable bonds is 3. The van der Waals surface area contributed by atoms with E-state index in [-0.39, 0.29) is 16.1 Å². The van der Waals surface area contributed by atoms with E-state index in [1.54, 1.807) is 23.1 Å². The van der Waals surface area contributed by atoms with E-state index in [2.05, 4.69) is 0 Å². The Morgan fingerprint density at radius 2 is 1.79 bits per heavy atom. The third-order valence-corrected chi connectivity index (χ3v) is 6.29.